The number of nitrogens with zero attached hydrogens (tertiary/aromatic N) is 1. The summed E-state index contributed by atoms with van der Waals surface area (Å²) in [6.07, 6.45) is 1.17. The summed E-state index contributed by atoms with van der Waals surface area (Å²) in [6.45, 7) is 1.44. The van der Waals surface area contributed by atoms with Crippen molar-refractivity contribution in [3.8, 4) is 0 Å². The highest BCUT2D eigenvalue weighted by molar-refractivity contribution is 5.78. The van der Waals surface area contributed by atoms with Gasteiger partial charge in [0.15, 0.2) is 0 Å². The Morgan fingerprint density at radius 1 is 0.857 bits per heavy atom. The van der Waals surface area contributed by atoms with Gasteiger partial charge in [-0.1, -0.05) is 24.3 Å². The first-order valence-corrected chi connectivity index (χ1v) is 7.06. The number of hydrogen-bond donors (Lipinski definition) is 3. The van der Waals surface area contributed by atoms with Crippen LogP contribution in [0.25, 0.3) is 10.9 Å². The fraction of sp³-hybridized carbons (Fsp3) is 0.438. The zero-order valence-electron chi connectivity index (χ0n) is 12.1. The number of aromatic nitrogens is 1. The predicted molar refractivity (Wildman–Crippen MR) is 81.9 cm³/mol. The van der Waals surface area contributed by atoms with Crippen LogP contribution >= 0.6 is 0 Å². The summed E-state index contributed by atoms with van der Waals surface area (Å²) in [5.74, 6) is 0. The van der Waals surface area contributed by atoms with Gasteiger partial charge in [0.25, 0.3) is 0 Å². The van der Waals surface area contributed by atoms with E-state index in [9.17, 15) is 0 Å². The third kappa shape index (κ3) is 7.15. The maximum absolute atomic E-state index is 8.61. The summed E-state index contributed by atoms with van der Waals surface area (Å²) < 4.78 is 5.39. The van der Waals surface area contributed by atoms with Crippen LogP contribution < -0.4 is 0 Å². The van der Waals surface area contributed by atoms with Crippen molar-refractivity contribution < 1.29 is 20.1 Å². The van der Waals surface area contributed by atoms with Crippen LogP contribution in [0.5, 0.6) is 0 Å². The molecule has 116 valence electrons. The lowest BCUT2D eigenvalue weighted by Crippen LogP contribution is -1.99. The number of aliphatic hydroxyl groups excluding tert-OH is 3. The summed E-state index contributed by atoms with van der Waals surface area (Å²) in [5, 5.41) is 25.6. The first-order valence-electron chi connectivity index (χ1n) is 7.06. The molecule has 5 nitrogen and oxygen atoms in total. The van der Waals surface area contributed by atoms with Crippen LogP contribution in [-0.2, 0) is 11.3 Å². The molecule has 0 aliphatic rings. The van der Waals surface area contributed by atoms with Gasteiger partial charge in [-0.25, -0.2) is 0 Å². The Balaban J connectivity index is 0.000000383. The average Bonchev–Trinajstić information content (AvgIpc) is 2.53. The smallest absolute Gasteiger partial charge is 0.0888 e. The molecule has 0 radical (unpaired) electrons. The fourth-order valence-electron chi connectivity index (χ4n) is 1.60. The molecule has 0 bridgehead atoms. The largest absolute Gasteiger partial charge is 0.396 e. The lowest BCUT2D eigenvalue weighted by Gasteiger charge is -2.04. The number of rotatable bonds is 7. The van der Waals surface area contributed by atoms with Crippen molar-refractivity contribution in [2.24, 2.45) is 0 Å². The minimum absolute atomic E-state index is 0.0938. The number of aliphatic hydroxyl groups is 3. The molecule has 2 aromatic rings. The summed E-state index contributed by atoms with van der Waals surface area (Å²) in [4.78, 5) is 4.49. The Bertz CT molecular complexity index is 502. The molecule has 0 saturated heterocycles. The molecule has 2 rings (SSSR count). The van der Waals surface area contributed by atoms with E-state index in [1.165, 1.54) is 0 Å². The highest BCUT2D eigenvalue weighted by Crippen LogP contribution is 2.12. The van der Waals surface area contributed by atoms with Gasteiger partial charge in [-0.15, -0.1) is 0 Å². The Hall–Kier alpha value is -1.53. The van der Waals surface area contributed by atoms with Gasteiger partial charge in [0.1, 0.15) is 0 Å². The van der Waals surface area contributed by atoms with E-state index >= 15 is 0 Å². The normalized spacial score (nSPS) is 10.2. The van der Waals surface area contributed by atoms with Gasteiger partial charge in [-0.3, -0.25) is 4.98 Å². The van der Waals surface area contributed by atoms with Gasteiger partial charge < -0.3 is 20.1 Å². The molecule has 21 heavy (non-hydrogen) atoms. The minimum Gasteiger partial charge on any atom is -0.396 e. The van der Waals surface area contributed by atoms with Crippen molar-refractivity contribution in [3.05, 3.63) is 42.1 Å². The summed E-state index contributed by atoms with van der Waals surface area (Å²) in [5.41, 5.74) is 1.92. The third-order valence-corrected chi connectivity index (χ3v) is 2.67. The lowest BCUT2D eigenvalue weighted by atomic mass is 10.2. The molecule has 0 unspecified atom stereocenters. The predicted octanol–water partition coefficient (Wildman–Crippen LogP) is 1.49. The van der Waals surface area contributed by atoms with Crippen molar-refractivity contribution >= 4 is 10.9 Å². The Labute approximate surface area is 124 Å². The quantitative estimate of drug-likeness (QED) is 0.674. The van der Waals surface area contributed by atoms with E-state index in [-0.39, 0.29) is 19.8 Å². The van der Waals surface area contributed by atoms with Gasteiger partial charge in [-0.2, -0.15) is 0 Å². The highest BCUT2D eigenvalue weighted by Gasteiger charge is 1.97. The van der Waals surface area contributed by atoms with Crippen LogP contribution in [0.1, 0.15) is 18.5 Å². The first kappa shape index (κ1) is 17.5. The number of ether oxygens (including phenoxy) is 1. The highest BCUT2D eigenvalue weighted by atomic mass is 16.5. The molecular formula is C16H23NO4. The summed E-state index contributed by atoms with van der Waals surface area (Å²) >= 11 is 0. The van der Waals surface area contributed by atoms with Gasteiger partial charge >= 0.3 is 0 Å². The van der Waals surface area contributed by atoms with Crippen LogP contribution in [0.15, 0.2) is 36.4 Å². The number of hydrogen-bond acceptors (Lipinski definition) is 5. The molecule has 0 aliphatic heterocycles. The summed E-state index contributed by atoms with van der Waals surface area (Å²) in [7, 11) is 0. The molecule has 1 heterocycles. The molecule has 5 heteroatoms. The van der Waals surface area contributed by atoms with E-state index in [4.69, 9.17) is 20.1 Å². The van der Waals surface area contributed by atoms with Crippen LogP contribution in [0.3, 0.4) is 0 Å². The van der Waals surface area contributed by atoms with Crippen LogP contribution in [-0.4, -0.2) is 46.7 Å². The maximum Gasteiger partial charge on any atom is 0.0888 e. The SMILES string of the molecule is OCCCO.OCCCOCc1ccc2ccccc2n1. The summed E-state index contributed by atoms with van der Waals surface area (Å²) in [6, 6.07) is 12.0. The molecule has 3 N–H and O–H groups in total. The molecular weight excluding hydrogens is 270 g/mol. The molecule has 0 atom stereocenters. The topological polar surface area (TPSA) is 82.8 Å². The zero-order chi connectivity index (χ0) is 15.3. The van der Waals surface area contributed by atoms with Crippen molar-refractivity contribution in [1.82, 2.24) is 4.98 Å². The van der Waals surface area contributed by atoms with E-state index in [1.54, 1.807) is 0 Å². The van der Waals surface area contributed by atoms with Crippen molar-refractivity contribution in [2.45, 2.75) is 19.4 Å². The van der Waals surface area contributed by atoms with E-state index in [0.29, 0.717) is 26.1 Å². The second-order valence-electron chi connectivity index (χ2n) is 4.43. The third-order valence-electron chi connectivity index (χ3n) is 2.67. The Kier molecular flexibility index (Phi) is 9.32. The molecule has 1 aromatic heterocycles. The molecule has 0 amide bonds. The molecule has 0 spiro atoms. The Morgan fingerprint density at radius 3 is 2.24 bits per heavy atom. The van der Waals surface area contributed by atoms with E-state index in [1.807, 2.05) is 36.4 Å². The first-order chi connectivity index (χ1) is 10.3. The standard InChI is InChI=1S/C13H15NO2.C3H8O2/c15-8-3-9-16-10-12-7-6-11-4-1-2-5-13(11)14-12;4-2-1-3-5/h1-2,4-7,15H,3,8-10H2;4-5H,1-3H2. The number of fused-ring (bicyclic) bond motifs is 1. The number of para-hydroxylation sites is 1. The van der Waals surface area contributed by atoms with Crippen molar-refractivity contribution in [1.29, 1.82) is 0 Å². The lowest BCUT2D eigenvalue weighted by molar-refractivity contribution is 0.102. The van der Waals surface area contributed by atoms with E-state index in [0.717, 1.165) is 16.6 Å². The average molecular weight is 293 g/mol. The minimum atomic E-state index is 0.0938. The Morgan fingerprint density at radius 2 is 1.57 bits per heavy atom. The fourth-order valence-corrected chi connectivity index (χ4v) is 1.60. The molecule has 0 fully saturated rings. The second-order valence-corrected chi connectivity index (χ2v) is 4.43. The van der Waals surface area contributed by atoms with Crippen LogP contribution in [0, 0.1) is 0 Å². The van der Waals surface area contributed by atoms with Gasteiger partial charge in [0, 0.05) is 31.8 Å². The molecule has 0 saturated carbocycles. The monoisotopic (exact) mass is 293 g/mol. The maximum atomic E-state index is 8.61. The van der Waals surface area contributed by atoms with Crippen LogP contribution in [0.4, 0.5) is 0 Å². The van der Waals surface area contributed by atoms with Crippen molar-refractivity contribution in [3.63, 3.8) is 0 Å². The van der Waals surface area contributed by atoms with Gasteiger partial charge in [0.05, 0.1) is 17.8 Å². The number of benzene rings is 1. The van der Waals surface area contributed by atoms with E-state index < -0.39 is 0 Å². The van der Waals surface area contributed by atoms with E-state index in [2.05, 4.69) is 4.98 Å². The molecule has 1 aromatic carbocycles. The number of pyridine rings is 1. The molecule has 0 aliphatic carbocycles. The van der Waals surface area contributed by atoms with Crippen LogP contribution in [0.2, 0.25) is 0 Å². The zero-order valence-corrected chi connectivity index (χ0v) is 12.1. The van der Waals surface area contributed by atoms with Gasteiger partial charge in [-0.05, 0) is 25.0 Å². The second kappa shape index (κ2) is 11.2. The van der Waals surface area contributed by atoms with Gasteiger partial charge in [0.2, 0.25) is 0 Å². The van der Waals surface area contributed by atoms with Crippen molar-refractivity contribution in [2.75, 3.05) is 26.4 Å².